The standard InChI is InChI=1S/C22H20FN3O2/c23-18-6-1-2-7-19(18)24-10-12-25(13-11-24)22(28)17-14-26-9-8-15-4-3-5-16(20(15)26)21(17)27/h1-7,14H,8-13H2. The van der Waals surface area contributed by atoms with E-state index < -0.39 is 0 Å². The third kappa shape index (κ3) is 2.59. The van der Waals surface area contributed by atoms with Gasteiger partial charge in [0.05, 0.1) is 11.2 Å². The van der Waals surface area contributed by atoms with Crippen LogP contribution in [0.1, 0.15) is 15.9 Å². The van der Waals surface area contributed by atoms with Crippen molar-refractivity contribution in [1.82, 2.24) is 9.47 Å². The Kier molecular flexibility index (Phi) is 3.93. The minimum absolute atomic E-state index is 0.198. The maximum atomic E-state index is 14.0. The Balaban J connectivity index is 1.41. The topological polar surface area (TPSA) is 45.6 Å². The lowest BCUT2D eigenvalue weighted by atomic mass is 10.1. The summed E-state index contributed by atoms with van der Waals surface area (Å²) in [6.45, 7) is 2.80. The highest BCUT2D eigenvalue weighted by Gasteiger charge is 2.27. The van der Waals surface area contributed by atoms with Gasteiger partial charge in [0, 0.05) is 44.3 Å². The molecule has 2 aliphatic heterocycles. The van der Waals surface area contributed by atoms with E-state index in [0.29, 0.717) is 37.3 Å². The molecule has 2 aromatic carbocycles. The van der Waals surface area contributed by atoms with E-state index in [1.807, 2.05) is 27.7 Å². The fourth-order valence-corrected chi connectivity index (χ4v) is 4.34. The molecular weight excluding hydrogens is 357 g/mol. The highest BCUT2D eigenvalue weighted by Crippen LogP contribution is 2.25. The average molecular weight is 377 g/mol. The first-order valence-corrected chi connectivity index (χ1v) is 9.57. The third-order valence-electron chi connectivity index (χ3n) is 5.79. The number of amides is 1. The maximum absolute atomic E-state index is 14.0. The SMILES string of the molecule is O=C(c1cn2c3c(cccc3c1=O)CC2)N1CCN(c2ccccc2F)CC1. The van der Waals surface area contributed by atoms with Gasteiger partial charge in [0.1, 0.15) is 11.4 Å². The zero-order valence-corrected chi connectivity index (χ0v) is 15.4. The largest absolute Gasteiger partial charge is 0.366 e. The predicted molar refractivity (Wildman–Crippen MR) is 106 cm³/mol. The molecule has 1 fully saturated rings. The van der Waals surface area contributed by atoms with Gasteiger partial charge in [0.2, 0.25) is 5.43 Å². The number of carbonyl (C=O) groups excluding carboxylic acids is 1. The molecule has 6 heteroatoms. The van der Waals surface area contributed by atoms with Gasteiger partial charge in [0.25, 0.3) is 5.91 Å². The number of hydrogen-bond donors (Lipinski definition) is 0. The number of hydrogen-bond acceptors (Lipinski definition) is 3. The molecule has 1 amide bonds. The number of anilines is 1. The number of aryl methyl sites for hydroxylation is 2. The molecule has 0 bridgehead atoms. The van der Waals surface area contributed by atoms with E-state index in [1.165, 1.54) is 6.07 Å². The number of aromatic nitrogens is 1. The molecule has 0 unspecified atom stereocenters. The summed E-state index contributed by atoms with van der Waals surface area (Å²) in [5.74, 6) is -0.491. The van der Waals surface area contributed by atoms with Crippen LogP contribution in [0.2, 0.25) is 0 Å². The summed E-state index contributed by atoms with van der Waals surface area (Å²) < 4.78 is 16.0. The van der Waals surface area contributed by atoms with Gasteiger partial charge in [-0.3, -0.25) is 9.59 Å². The van der Waals surface area contributed by atoms with E-state index in [-0.39, 0.29) is 22.7 Å². The van der Waals surface area contributed by atoms with Gasteiger partial charge >= 0.3 is 0 Å². The van der Waals surface area contributed by atoms with E-state index in [4.69, 9.17) is 0 Å². The summed E-state index contributed by atoms with van der Waals surface area (Å²) in [5.41, 5.74) is 2.70. The monoisotopic (exact) mass is 377 g/mol. The van der Waals surface area contributed by atoms with Crippen LogP contribution in [-0.4, -0.2) is 41.6 Å². The molecule has 0 N–H and O–H groups in total. The number of pyridine rings is 1. The molecule has 3 aromatic rings. The van der Waals surface area contributed by atoms with Crippen molar-refractivity contribution in [2.45, 2.75) is 13.0 Å². The van der Waals surface area contributed by atoms with Crippen LogP contribution in [0.15, 0.2) is 53.5 Å². The number of para-hydroxylation sites is 2. The molecule has 142 valence electrons. The lowest BCUT2D eigenvalue weighted by molar-refractivity contribution is 0.0744. The van der Waals surface area contributed by atoms with Crippen LogP contribution in [0, 0.1) is 5.82 Å². The minimum Gasteiger partial charge on any atom is -0.366 e. The number of carbonyl (C=O) groups is 1. The average Bonchev–Trinajstić information content (AvgIpc) is 3.15. The first kappa shape index (κ1) is 17.0. The Morgan fingerprint density at radius 2 is 1.71 bits per heavy atom. The Labute approximate surface area is 161 Å². The lowest BCUT2D eigenvalue weighted by Gasteiger charge is -2.36. The van der Waals surface area contributed by atoms with E-state index >= 15 is 0 Å². The molecule has 0 spiro atoms. The molecule has 5 rings (SSSR count). The summed E-state index contributed by atoms with van der Waals surface area (Å²) >= 11 is 0. The van der Waals surface area contributed by atoms with E-state index in [1.54, 1.807) is 29.3 Å². The van der Waals surface area contributed by atoms with Crippen LogP contribution >= 0.6 is 0 Å². The van der Waals surface area contributed by atoms with Gasteiger partial charge in [-0.05, 0) is 30.2 Å². The summed E-state index contributed by atoms with van der Waals surface area (Å²) in [6.07, 6.45) is 2.60. The second-order valence-electron chi connectivity index (χ2n) is 7.36. The quantitative estimate of drug-likeness (QED) is 0.690. The van der Waals surface area contributed by atoms with Crippen molar-refractivity contribution in [3.8, 4) is 0 Å². The Bertz CT molecular complexity index is 1150. The van der Waals surface area contributed by atoms with Crippen LogP contribution in [0.3, 0.4) is 0 Å². The van der Waals surface area contributed by atoms with E-state index in [0.717, 1.165) is 24.0 Å². The summed E-state index contributed by atoms with van der Waals surface area (Å²) in [5, 5.41) is 0.617. The van der Waals surface area contributed by atoms with Crippen LogP contribution in [0.25, 0.3) is 10.9 Å². The smallest absolute Gasteiger partial charge is 0.259 e. The van der Waals surface area contributed by atoms with Gasteiger partial charge in [-0.1, -0.05) is 24.3 Å². The highest BCUT2D eigenvalue weighted by molar-refractivity contribution is 5.98. The Morgan fingerprint density at radius 3 is 2.50 bits per heavy atom. The summed E-state index contributed by atoms with van der Waals surface area (Å²) in [6, 6.07) is 12.4. The van der Waals surface area contributed by atoms with Gasteiger partial charge in [-0.2, -0.15) is 0 Å². The minimum atomic E-state index is -0.256. The van der Waals surface area contributed by atoms with Crippen molar-refractivity contribution < 1.29 is 9.18 Å². The number of halogens is 1. The zero-order chi connectivity index (χ0) is 19.3. The molecule has 0 radical (unpaired) electrons. The van der Waals surface area contributed by atoms with E-state index in [9.17, 15) is 14.0 Å². The number of nitrogens with zero attached hydrogens (tertiary/aromatic N) is 3. The van der Waals surface area contributed by atoms with Crippen LogP contribution in [0.5, 0.6) is 0 Å². The van der Waals surface area contributed by atoms with Gasteiger partial charge in [-0.25, -0.2) is 4.39 Å². The number of piperazine rings is 1. The molecule has 2 aliphatic rings. The first-order chi connectivity index (χ1) is 13.6. The summed E-state index contributed by atoms with van der Waals surface area (Å²) in [7, 11) is 0. The molecule has 5 nitrogen and oxygen atoms in total. The van der Waals surface area contributed by atoms with Gasteiger partial charge in [-0.15, -0.1) is 0 Å². The van der Waals surface area contributed by atoms with Crippen LogP contribution < -0.4 is 10.3 Å². The highest BCUT2D eigenvalue weighted by atomic mass is 19.1. The second-order valence-corrected chi connectivity index (χ2v) is 7.36. The van der Waals surface area contributed by atoms with Gasteiger partial charge in [0.15, 0.2) is 0 Å². The van der Waals surface area contributed by atoms with Crippen LogP contribution in [0.4, 0.5) is 10.1 Å². The maximum Gasteiger partial charge on any atom is 0.259 e. The summed E-state index contributed by atoms with van der Waals surface area (Å²) in [4.78, 5) is 29.7. The van der Waals surface area contributed by atoms with E-state index in [2.05, 4.69) is 0 Å². The zero-order valence-electron chi connectivity index (χ0n) is 15.4. The van der Waals surface area contributed by atoms with Crippen molar-refractivity contribution in [2.75, 3.05) is 31.1 Å². The Hall–Kier alpha value is -3.15. The normalized spacial score (nSPS) is 16.0. The van der Waals surface area contributed by atoms with Gasteiger partial charge < -0.3 is 14.4 Å². The second kappa shape index (κ2) is 6.48. The van der Waals surface area contributed by atoms with Crippen molar-refractivity contribution in [2.24, 2.45) is 0 Å². The van der Waals surface area contributed by atoms with Crippen molar-refractivity contribution in [3.05, 3.63) is 75.8 Å². The fourth-order valence-electron chi connectivity index (χ4n) is 4.34. The molecule has 0 atom stereocenters. The van der Waals surface area contributed by atoms with Crippen molar-refractivity contribution in [1.29, 1.82) is 0 Å². The third-order valence-corrected chi connectivity index (χ3v) is 5.79. The predicted octanol–water partition coefficient (Wildman–Crippen LogP) is 2.66. The molecule has 0 saturated carbocycles. The van der Waals surface area contributed by atoms with Crippen LogP contribution in [-0.2, 0) is 13.0 Å². The molecular formula is C22H20FN3O2. The lowest BCUT2D eigenvalue weighted by Crippen LogP contribution is -2.49. The Morgan fingerprint density at radius 1 is 0.929 bits per heavy atom. The molecule has 1 aromatic heterocycles. The number of benzene rings is 2. The molecule has 3 heterocycles. The molecule has 1 saturated heterocycles. The fraction of sp³-hybridized carbons (Fsp3) is 0.273. The molecule has 28 heavy (non-hydrogen) atoms. The first-order valence-electron chi connectivity index (χ1n) is 9.57. The number of rotatable bonds is 2. The molecule has 0 aliphatic carbocycles. The van der Waals surface area contributed by atoms with Crippen molar-refractivity contribution >= 4 is 22.5 Å². The van der Waals surface area contributed by atoms with Crippen molar-refractivity contribution in [3.63, 3.8) is 0 Å².